The summed E-state index contributed by atoms with van der Waals surface area (Å²) >= 11 is 0. The van der Waals surface area contributed by atoms with Gasteiger partial charge in [0.05, 0.1) is 0 Å². The average Bonchev–Trinajstić information content (AvgIpc) is 2.75. The summed E-state index contributed by atoms with van der Waals surface area (Å²) in [5.41, 5.74) is -0.848. The van der Waals surface area contributed by atoms with Crippen molar-refractivity contribution in [3.63, 3.8) is 0 Å². The van der Waals surface area contributed by atoms with Crippen molar-refractivity contribution >= 4 is 11.9 Å². The molecule has 1 aliphatic carbocycles. The number of phenols is 1. The summed E-state index contributed by atoms with van der Waals surface area (Å²) in [6.45, 7) is 0.436. The van der Waals surface area contributed by atoms with Crippen LogP contribution in [0.25, 0.3) is 0 Å². The van der Waals surface area contributed by atoms with E-state index in [0.29, 0.717) is 25.8 Å². The van der Waals surface area contributed by atoms with Crippen LogP contribution in [0.2, 0.25) is 0 Å². The monoisotopic (exact) mass is 393 g/mol. The third-order valence-electron chi connectivity index (χ3n) is 5.28. The Morgan fingerprint density at radius 1 is 1.04 bits per heavy atom. The van der Waals surface area contributed by atoms with Gasteiger partial charge in [0.15, 0.2) is 0 Å². The first kappa shape index (κ1) is 21.9. The van der Waals surface area contributed by atoms with Gasteiger partial charge >= 0.3 is 11.9 Å². The molecule has 1 aliphatic heterocycles. The van der Waals surface area contributed by atoms with Crippen molar-refractivity contribution < 1.29 is 34.8 Å². The van der Waals surface area contributed by atoms with Gasteiger partial charge in [-0.05, 0) is 51.1 Å². The van der Waals surface area contributed by atoms with Crippen molar-refractivity contribution in [1.29, 1.82) is 0 Å². The molecule has 0 aromatic heterocycles. The lowest BCUT2D eigenvalue weighted by atomic mass is 9.68. The molecular weight excluding hydrogens is 366 g/mol. The highest BCUT2D eigenvalue weighted by Gasteiger charge is 2.62. The maximum absolute atomic E-state index is 12.1. The quantitative estimate of drug-likeness (QED) is 0.727. The van der Waals surface area contributed by atoms with Crippen LogP contribution in [0.5, 0.6) is 5.75 Å². The van der Waals surface area contributed by atoms with Gasteiger partial charge in [0, 0.05) is 31.0 Å². The molecule has 1 heterocycles. The third kappa shape index (κ3) is 4.04. The van der Waals surface area contributed by atoms with Crippen LogP contribution in [0.15, 0.2) is 36.4 Å². The molecule has 0 saturated heterocycles. The minimum absolute atomic E-state index is 0. The van der Waals surface area contributed by atoms with E-state index in [2.05, 4.69) is 0 Å². The summed E-state index contributed by atoms with van der Waals surface area (Å²) in [7, 11) is 3.75. The van der Waals surface area contributed by atoms with Crippen LogP contribution >= 0.6 is 0 Å². The first-order valence-corrected chi connectivity index (χ1v) is 9.06. The molecule has 0 bridgehead atoms. The number of aliphatic hydroxyl groups is 1. The van der Waals surface area contributed by atoms with Crippen molar-refractivity contribution in [2.45, 2.75) is 43.0 Å². The van der Waals surface area contributed by atoms with E-state index in [-0.39, 0.29) is 17.6 Å². The highest BCUT2D eigenvalue weighted by Crippen LogP contribution is 2.50. The smallest absolute Gasteiger partial charge is 0.334 e. The molecule has 8 heteroatoms. The maximum atomic E-state index is 12.1. The van der Waals surface area contributed by atoms with E-state index in [0.717, 1.165) is 17.7 Å². The molecule has 3 rings (SSSR count). The van der Waals surface area contributed by atoms with Gasteiger partial charge in [-0.2, -0.15) is 0 Å². The average molecular weight is 393 g/mol. The topological polar surface area (TPSA) is 128 Å². The van der Waals surface area contributed by atoms with Crippen LogP contribution in [0.4, 0.5) is 0 Å². The minimum Gasteiger partial charge on any atom is -0.508 e. The Balaban J connectivity index is 0.00000280. The van der Waals surface area contributed by atoms with Crippen LogP contribution in [-0.2, 0) is 19.1 Å². The lowest BCUT2D eigenvalue weighted by molar-refractivity contribution is -0.308. The number of likely N-dealkylation sites (N-methyl/N-ethyl adjacent to an activating group) is 1. The van der Waals surface area contributed by atoms with Crippen LogP contribution in [0.1, 0.15) is 37.2 Å². The lowest BCUT2D eigenvalue weighted by Crippen LogP contribution is -2.64. The Hall–Kier alpha value is -2.42. The Bertz CT molecular complexity index is 723. The van der Waals surface area contributed by atoms with E-state index >= 15 is 0 Å². The largest absolute Gasteiger partial charge is 0.508 e. The fraction of sp³-hybridized carbons (Fsp3) is 0.500. The number of ether oxygens (including phenoxy) is 2. The zero-order valence-electron chi connectivity index (χ0n) is 16.1. The van der Waals surface area contributed by atoms with E-state index in [1.807, 2.05) is 19.0 Å². The molecule has 1 saturated carbocycles. The van der Waals surface area contributed by atoms with E-state index in [1.165, 1.54) is 0 Å². The number of phenolic OH excluding ortho intramolecular Hbond substituents is 1. The maximum Gasteiger partial charge on any atom is 0.334 e. The molecule has 2 atom stereocenters. The second-order valence-corrected chi connectivity index (χ2v) is 7.47. The third-order valence-corrected chi connectivity index (χ3v) is 5.28. The summed E-state index contributed by atoms with van der Waals surface area (Å²) in [6, 6.07) is 6.54. The number of esters is 2. The molecule has 0 radical (unpaired) electrons. The fourth-order valence-corrected chi connectivity index (χ4v) is 4.03. The van der Waals surface area contributed by atoms with Crippen LogP contribution in [-0.4, -0.2) is 64.6 Å². The highest BCUT2D eigenvalue weighted by atomic mass is 16.7. The molecule has 1 fully saturated rings. The summed E-state index contributed by atoms with van der Waals surface area (Å²) in [4.78, 5) is 26.2. The van der Waals surface area contributed by atoms with E-state index in [4.69, 9.17) is 9.47 Å². The van der Waals surface area contributed by atoms with Gasteiger partial charge in [0.25, 0.3) is 5.79 Å². The summed E-state index contributed by atoms with van der Waals surface area (Å²) in [5.74, 6) is -3.57. The number of benzene rings is 1. The van der Waals surface area contributed by atoms with Crippen molar-refractivity contribution in [2.75, 3.05) is 20.6 Å². The first-order valence-electron chi connectivity index (χ1n) is 9.06. The Morgan fingerprint density at radius 3 is 2.11 bits per heavy atom. The Labute approximate surface area is 163 Å². The molecule has 1 aromatic rings. The van der Waals surface area contributed by atoms with E-state index in [9.17, 15) is 19.8 Å². The van der Waals surface area contributed by atoms with Crippen LogP contribution < -0.4 is 0 Å². The van der Waals surface area contributed by atoms with Crippen LogP contribution in [0.3, 0.4) is 0 Å². The molecule has 154 valence electrons. The zero-order chi connectivity index (χ0) is 19.7. The second-order valence-electron chi connectivity index (χ2n) is 7.47. The Morgan fingerprint density at radius 2 is 1.57 bits per heavy atom. The standard InChI is InChI=1S/C20H25NO6.H2O/c1-21(2)13-16(14-5-7-15(22)8-6-14)19(25)11-3-4-12-20(19)26-17(23)9-10-18(24)27-20;/h5-10,16,22,25H,3-4,11-13H2,1-2H3;1H2. The molecule has 1 spiro atoms. The van der Waals surface area contributed by atoms with E-state index in [1.54, 1.807) is 24.3 Å². The molecule has 0 amide bonds. The predicted molar refractivity (Wildman–Crippen MR) is 100 cm³/mol. The number of hydrogen-bond acceptors (Lipinski definition) is 7. The van der Waals surface area contributed by atoms with Gasteiger partial charge in [-0.15, -0.1) is 0 Å². The van der Waals surface area contributed by atoms with Crippen LogP contribution in [0, 0.1) is 0 Å². The van der Waals surface area contributed by atoms with Crippen molar-refractivity contribution in [3.05, 3.63) is 42.0 Å². The van der Waals surface area contributed by atoms with Gasteiger partial charge < -0.3 is 30.1 Å². The van der Waals surface area contributed by atoms with Gasteiger partial charge in [-0.1, -0.05) is 12.1 Å². The lowest BCUT2D eigenvalue weighted by Gasteiger charge is -2.51. The normalized spacial score (nSPS) is 24.9. The van der Waals surface area contributed by atoms with Gasteiger partial charge in [-0.3, -0.25) is 0 Å². The molecule has 28 heavy (non-hydrogen) atoms. The predicted octanol–water partition coefficient (Wildman–Crippen LogP) is 0.870. The number of aromatic hydroxyl groups is 1. The van der Waals surface area contributed by atoms with Gasteiger partial charge in [0.1, 0.15) is 11.4 Å². The van der Waals surface area contributed by atoms with E-state index < -0.39 is 29.2 Å². The van der Waals surface area contributed by atoms with Crippen molar-refractivity contribution in [1.82, 2.24) is 4.90 Å². The SMILES string of the molecule is CN(C)CC(c1ccc(O)cc1)C1(O)CCCCC12OC(=O)C=CC(=O)O2.O. The first-order chi connectivity index (χ1) is 12.8. The van der Waals surface area contributed by atoms with Crippen molar-refractivity contribution in [3.8, 4) is 5.75 Å². The summed E-state index contributed by atoms with van der Waals surface area (Å²) in [5, 5.41) is 21.5. The number of rotatable bonds is 4. The number of carbonyl (C=O) groups excluding carboxylic acids is 2. The molecule has 2 aliphatic rings. The highest BCUT2D eigenvalue weighted by molar-refractivity contribution is 5.93. The number of carbonyl (C=O) groups is 2. The number of nitrogens with zero attached hydrogens (tertiary/aromatic N) is 1. The molecule has 1 aromatic carbocycles. The van der Waals surface area contributed by atoms with Crippen molar-refractivity contribution in [2.24, 2.45) is 0 Å². The zero-order valence-corrected chi connectivity index (χ0v) is 16.1. The van der Waals surface area contributed by atoms with Gasteiger partial charge in [-0.25, -0.2) is 9.59 Å². The summed E-state index contributed by atoms with van der Waals surface area (Å²) < 4.78 is 11.1. The Kier molecular flexibility index (Phi) is 6.48. The summed E-state index contributed by atoms with van der Waals surface area (Å²) in [6.07, 6.45) is 3.95. The minimum atomic E-state index is -1.75. The molecular formula is C20H27NO7. The molecule has 8 nitrogen and oxygen atoms in total. The number of hydrogen-bond donors (Lipinski definition) is 2. The second kappa shape index (κ2) is 8.30. The fourth-order valence-electron chi connectivity index (χ4n) is 4.03. The molecule has 4 N–H and O–H groups in total. The van der Waals surface area contributed by atoms with Gasteiger partial charge in [0.2, 0.25) is 0 Å². The molecule has 2 unspecified atom stereocenters.